The molecule has 0 aliphatic carbocycles. The third-order valence-electron chi connectivity index (χ3n) is 1.47. The molecule has 0 aliphatic heterocycles. The maximum absolute atomic E-state index is 12.4. The molecule has 0 bridgehead atoms. The number of rotatable bonds is 3. The van der Waals surface area contributed by atoms with E-state index in [1.807, 2.05) is 6.92 Å². The van der Waals surface area contributed by atoms with Crippen LogP contribution in [0, 0.1) is 5.82 Å². The predicted molar refractivity (Wildman–Crippen MR) is 46.5 cm³/mol. The first-order chi connectivity index (χ1) is 5.72. The van der Waals surface area contributed by atoms with Crippen molar-refractivity contribution >= 4 is 0 Å². The van der Waals surface area contributed by atoms with Gasteiger partial charge in [0.25, 0.3) is 0 Å². The summed E-state index contributed by atoms with van der Waals surface area (Å²) in [6.07, 6.45) is 0.761. The van der Waals surface area contributed by atoms with Gasteiger partial charge in [-0.2, -0.15) is 0 Å². The predicted octanol–water partition coefficient (Wildman–Crippen LogP) is 3.13. The van der Waals surface area contributed by atoms with E-state index >= 15 is 0 Å². The molecule has 0 aromatic heterocycles. The van der Waals surface area contributed by atoms with E-state index in [0.29, 0.717) is 11.5 Å². The molecule has 2 heteroatoms. The molecule has 0 spiro atoms. The van der Waals surface area contributed by atoms with Crippen LogP contribution < -0.4 is 4.74 Å². The molecule has 0 atom stereocenters. The molecule has 64 valence electrons. The number of ether oxygens (including phenoxy) is 1. The number of allylic oxidation sites excluding steroid dienone is 1. The van der Waals surface area contributed by atoms with Crippen molar-refractivity contribution in [2.75, 3.05) is 0 Å². The third-order valence-corrected chi connectivity index (χ3v) is 1.47. The van der Waals surface area contributed by atoms with Crippen molar-refractivity contribution < 1.29 is 9.13 Å². The normalized spacial score (nSPS) is 9.50. The van der Waals surface area contributed by atoms with Crippen molar-refractivity contribution in [3.8, 4) is 5.75 Å². The highest BCUT2D eigenvalue weighted by molar-refractivity contribution is 5.23. The maximum Gasteiger partial charge on any atom is 0.127 e. The summed E-state index contributed by atoms with van der Waals surface area (Å²) in [5.74, 6) is 1.05. The van der Waals surface area contributed by atoms with Gasteiger partial charge in [0, 0.05) is 6.42 Å². The zero-order valence-electron chi connectivity index (χ0n) is 7.01. The molecule has 1 aromatic rings. The Kier molecular flexibility index (Phi) is 2.86. The first-order valence-corrected chi connectivity index (χ1v) is 3.83. The molecule has 0 saturated carbocycles. The highest BCUT2D eigenvalue weighted by Gasteiger charge is 1.95. The molecule has 0 amide bonds. The van der Waals surface area contributed by atoms with E-state index in [1.165, 1.54) is 12.1 Å². The van der Waals surface area contributed by atoms with E-state index in [0.717, 1.165) is 6.42 Å². The molecule has 0 N–H and O–H groups in total. The number of hydrogen-bond acceptors (Lipinski definition) is 1. The molecule has 0 fully saturated rings. The van der Waals surface area contributed by atoms with Gasteiger partial charge >= 0.3 is 0 Å². The Morgan fingerprint density at radius 2 is 2.00 bits per heavy atom. The second kappa shape index (κ2) is 3.90. The van der Waals surface area contributed by atoms with Gasteiger partial charge in [-0.25, -0.2) is 4.39 Å². The van der Waals surface area contributed by atoms with Crippen LogP contribution in [0.15, 0.2) is 36.6 Å². The highest BCUT2D eigenvalue weighted by atomic mass is 19.1. The summed E-state index contributed by atoms with van der Waals surface area (Å²) in [5, 5.41) is 0. The van der Waals surface area contributed by atoms with Gasteiger partial charge in [0.05, 0.1) is 5.76 Å². The van der Waals surface area contributed by atoms with Crippen LogP contribution in [0.1, 0.15) is 13.3 Å². The minimum absolute atomic E-state index is 0.260. The van der Waals surface area contributed by atoms with Crippen LogP contribution in [0.3, 0.4) is 0 Å². The van der Waals surface area contributed by atoms with Gasteiger partial charge in [-0.3, -0.25) is 0 Å². The molecule has 1 aromatic carbocycles. The summed E-state index contributed by atoms with van der Waals surface area (Å²) in [4.78, 5) is 0. The van der Waals surface area contributed by atoms with Crippen LogP contribution in [-0.4, -0.2) is 0 Å². The lowest BCUT2D eigenvalue weighted by molar-refractivity contribution is 0.411. The fraction of sp³-hybridized carbons (Fsp3) is 0.200. The van der Waals surface area contributed by atoms with E-state index < -0.39 is 0 Å². The Morgan fingerprint density at radius 3 is 2.50 bits per heavy atom. The van der Waals surface area contributed by atoms with Crippen molar-refractivity contribution in [2.45, 2.75) is 13.3 Å². The van der Waals surface area contributed by atoms with E-state index in [9.17, 15) is 4.39 Å². The Labute approximate surface area is 71.5 Å². The molecule has 0 saturated heterocycles. The van der Waals surface area contributed by atoms with Gasteiger partial charge in [0.15, 0.2) is 0 Å². The minimum atomic E-state index is -0.260. The Bertz CT molecular complexity index is 264. The van der Waals surface area contributed by atoms with Crippen LogP contribution in [0.5, 0.6) is 5.75 Å². The molecular weight excluding hydrogens is 155 g/mol. The molecule has 0 unspecified atom stereocenters. The van der Waals surface area contributed by atoms with Gasteiger partial charge in [0.2, 0.25) is 0 Å². The first-order valence-electron chi connectivity index (χ1n) is 3.83. The number of hydrogen-bond donors (Lipinski definition) is 0. The summed E-state index contributed by atoms with van der Waals surface area (Å²) in [6.45, 7) is 5.63. The van der Waals surface area contributed by atoms with Gasteiger partial charge < -0.3 is 4.74 Å². The topological polar surface area (TPSA) is 9.23 Å². The minimum Gasteiger partial charge on any atom is -0.462 e. The standard InChI is InChI=1S/C10H11FO/c1-3-8(2)12-10-6-4-9(11)5-7-10/h4-7H,2-3H2,1H3. The van der Waals surface area contributed by atoms with Gasteiger partial charge in [-0.1, -0.05) is 13.5 Å². The van der Waals surface area contributed by atoms with E-state index in [-0.39, 0.29) is 5.82 Å². The summed E-state index contributed by atoms with van der Waals surface area (Å²) in [7, 11) is 0. The monoisotopic (exact) mass is 166 g/mol. The Hall–Kier alpha value is -1.31. The summed E-state index contributed by atoms with van der Waals surface area (Å²) >= 11 is 0. The van der Waals surface area contributed by atoms with E-state index in [1.54, 1.807) is 12.1 Å². The molecule has 1 nitrogen and oxygen atoms in total. The van der Waals surface area contributed by atoms with Crippen LogP contribution in [-0.2, 0) is 0 Å². The Morgan fingerprint density at radius 1 is 1.42 bits per heavy atom. The fourth-order valence-corrected chi connectivity index (χ4v) is 0.741. The quantitative estimate of drug-likeness (QED) is 0.627. The van der Waals surface area contributed by atoms with E-state index in [4.69, 9.17) is 4.74 Å². The summed E-state index contributed by atoms with van der Waals surface area (Å²) < 4.78 is 17.7. The zero-order chi connectivity index (χ0) is 8.97. The lowest BCUT2D eigenvalue weighted by atomic mass is 10.3. The van der Waals surface area contributed by atoms with Crippen LogP contribution in [0.2, 0.25) is 0 Å². The van der Waals surface area contributed by atoms with Crippen molar-refractivity contribution in [1.29, 1.82) is 0 Å². The molecule has 0 aliphatic rings. The smallest absolute Gasteiger partial charge is 0.127 e. The Balaban J connectivity index is 2.64. The summed E-state index contributed by atoms with van der Waals surface area (Å²) in [6, 6.07) is 5.88. The third kappa shape index (κ3) is 2.38. The highest BCUT2D eigenvalue weighted by Crippen LogP contribution is 2.14. The van der Waals surface area contributed by atoms with Crippen molar-refractivity contribution in [2.24, 2.45) is 0 Å². The van der Waals surface area contributed by atoms with Gasteiger partial charge in [-0.05, 0) is 24.3 Å². The van der Waals surface area contributed by atoms with Crippen LogP contribution >= 0.6 is 0 Å². The first kappa shape index (κ1) is 8.78. The molecule has 12 heavy (non-hydrogen) atoms. The van der Waals surface area contributed by atoms with Gasteiger partial charge in [0.1, 0.15) is 11.6 Å². The average molecular weight is 166 g/mol. The van der Waals surface area contributed by atoms with Crippen molar-refractivity contribution in [3.05, 3.63) is 42.4 Å². The average Bonchev–Trinajstić information content (AvgIpc) is 2.09. The zero-order valence-corrected chi connectivity index (χ0v) is 7.01. The number of benzene rings is 1. The molecular formula is C10H11FO. The second-order valence-electron chi connectivity index (χ2n) is 2.45. The largest absolute Gasteiger partial charge is 0.462 e. The maximum atomic E-state index is 12.4. The fourth-order valence-electron chi connectivity index (χ4n) is 0.741. The van der Waals surface area contributed by atoms with Crippen molar-refractivity contribution in [1.82, 2.24) is 0 Å². The summed E-state index contributed by atoms with van der Waals surface area (Å²) in [5.41, 5.74) is 0. The molecule has 0 heterocycles. The van der Waals surface area contributed by atoms with Crippen LogP contribution in [0.4, 0.5) is 4.39 Å². The van der Waals surface area contributed by atoms with Crippen molar-refractivity contribution in [3.63, 3.8) is 0 Å². The second-order valence-corrected chi connectivity index (χ2v) is 2.45. The lowest BCUT2D eigenvalue weighted by Gasteiger charge is -2.05. The molecule has 0 radical (unpaired) electrons. The van der Waals surface area contributed by atoms with E-state index in [2.05, 4.69) is 6.58 Å². The SMILES string of the molecule is C=C(CC)Oc1ccc(F)cc1. The van der Waals surface area contributed by atoms with Gasteiger partial charge in [-0.15, -0.1) is 0 Å². The number of halogens is 1. The lowest BCUT2D eigenvalue weighted by Crippen LogP contribution is -1.91. The van der Waals surface area contributed by atoms with Crippen LogP contribution in [0.25, 0.3) is 0 Å². The molecule has 1 rings (SSSR count).